The lowest BCUT2D eigenvalue weighted by atomic mass is 9.99. The Bertz CT molecular complexity index is 817. The largest absolute Gasteiger partial charge is 0.493 e. The summed E-state index contributed by atoms with van der Waals surface area (Å²) in [5.41, 5.74) is 0.966. The number of ether oxygens (including phenoxy) is 3. The van der Waals surface area contributed by atoms with Crippen molar-refractivity contribution in [2.45, 2.75) is 19.4 Å². The van der Waals surface area contributed by atoms with Crippen molar-refractivity contribution in [1.82, 2.24) is 0 Å². The average Bonchev–Trinajstić information content (AvgIpc) is 2.65. The second kappa shape index (κ2) is 7.03. The monoisotopic (exact) mass is 361 g/mol. The molecule has 2 heterocycles. The van der Waals surface area contributed by atoms with Gasteiger partial charge >= 0.3 is 11.7 Å². The van der Waals surface area contributed by atoms with E-state index in [1.807, 2.05) is 0 Å². The Morgan fingerprint density at radius 1 is 1.35 bits per heavy atom. The molecule has 0 saturated carbocycles. The van der Waals surface area contributed by atoms with E-state index in [-0.39, 0.29) is 18.1 Å². The van der Waals surface area contributed by atoms with Crippen molar-refractivity contribution in [1.29, 1.82) is 0 Å². The first-order valence-electron chi connectivity index (χ1n) is 8.14. The van der Waals surface area contributed by atoms with Crippen LogP contribution in [0.3, 0.4) is 0 Å². The molecule has 138 valence electrons. The van der Waals surface area contributed by atoms with Gasteiger partial charge < -0.3 is 19.1 Å². The van der Waals surface area contributed by atoms with Crippen LogP contribution in [0.5, 0.6) is 11.5 Å². The van der Waals surface area contributed by atoms with Gasteiger partial charge in [-0.1, -0.05) is 0 Å². The Morgan fingerprint density at radius 2 is 2.04 bits per heavy atom. The van der Waals surface area contributed by atoms with E-state index < -0.39 is 16.9 Å². The Kier molecular flexibility index (Phi) is 4.79. The van der Waals surface area contributed by atoms with E-state index >= 15 is 0 Å². The molecule has 0 unspecified atom stereocenters. The van der Waals surface area contributed by atoms with Gasteiger partial charge in [0.1, 0.15) is 6.04 Å². The number of esters is 1. The number of amidine groups is 1. The van der Waals surface area contributed by atoms with Gasteiger partial charge in [-0.15, -0.1) is 0 Å². The smallest absolute Gasteiger partial charge is 0.329 e. The molecule has 9 nitrogen and oxygen atoms in total. The molecule has 2 aliphatic rings. The third-order valence-electron chi connectivity index (χ3n) is 4.27. The highest BCUT2D eigenvalue weighted by atomic mass is 16.6. The number of benzene rings is 1. The lowest BCUT2D eigenvalue weighted by molar-refractivity contribution is -0.413. The van der Waals surface area contributed by atoms with Crippen molar-refractivity contribution in [2.24, 2.45) is 4.99 Å². The first-order valence-corrected chi connectivity index (χ1v) is 8.14. The molecule has 2 aliphatic heterocycles. The standard InChI is InChI=1S/C17H19N3O6/c1-4-26-17(21)11-5-6-18-16-13(20(22)23)7-10-8-14(24-2)15(25-3)9-12(10)19(11)16/h7-9,11H,4-6H2,1-3H3/t11-/m1/s1. The van der Waals surface area contributed by atoms with Crippen molar-refractivity contribution in [3.8, 4) is 11.5 Å². The fourth-order valence-electron chi connectivity index (χ4n) is 3.15. The molecule has 0 aliphatic carbocycles. The van der Waals surface area contributed by atoms with Crippen LogP contribution in [-0.2, 0) is 9.53 Å². The molecule has 9 heteroatoms. The number of methoxy groups -OCH3 is 2. The lowest BCUT2D eigenvalue weighted by Gasteiger charge is -2.37. The molecule has 3 rings (SSSR count). The van der Waals surface area contributed by atoms with E-state index in [2.05, 4.69) is 4.99 Å². The van der Waals surface area contributed by atoms with Crippen LogP contribution in [0.2, 0.25) is 0 Å². The van der Waals surface area contributed by atoms with Crippen LogP contribution >= 0.6 is 0 Å². The fourth-order valence-corrected chi connectivity index (χ4v) is 3.15. The third-order valence-corrected chi connectivity index (χ3v) is 4.27. The Labute approximate surface area is 150 Å². The van der Waals surface area contributed by atoms with Gasteiger partial charge in [-0.2, -0.15) is 0 Å². The number of rotatable bonds is 5. The molecular weight excluding hydrogens is 342 g/mol. The van der Waals surface area contributed by atoms with E-state index in [0.717, 1.165) is 0 Å². The summed E-state index contributed by atoms with van der Waals surface area (Å²) in [4.78, 5) is 29.4. The van der Waals surface area contributed by atoms with Gasteiger partial charge in [-0.3, -0.25) is 15.1 Å². The number of carbonyl (C=O) groups is 1. The van der Waals surface area contributed by atoms with Crippen LogP contribution < -0.4 is 14.4 Å². The minimum atomic E-state index is -0.692. The van der Waals surface area contributed by atoms with Crippen molar-refractivity contribution >= 4 is 23.6 Å². The first kappa shape index (κ1) is 17.7. The van der Waals surface area contributed by atoms with Gasteiger partial charge in [0.2, 0.25) is 5.84 Å². The second-order valence-corrected chi connectivity index (χ2v) is 5.68. The number of fused-ring (bicyclic) bond motifs is 3. The topological polar surface area (TPSA) is 104 Å². The zero-order valence-corrected chi connectivity index (χ0v) is 14.7. The van der Waals surface area contributed by atoms with Gasteiger partial charge in [0, 0.05) is 24.3 Å². The number of nitrogens with zero attached hydrogens (tertiary/aromatic N) is 3. The normalized spacial score (nSPS) is 18.1. The van der Waals surface area contributed by atoms with Crippen LogP contribution in [0.1, 0.15) is 18.9 Å². The van der Waals surface area contributed by atoms with Crippen LogP contribution in [0.15, 0.2) is 22.8 Å². The van der Waals surface area contributed by atoms with E-state index in [1.165, 1.54) is 20.3 Å². The number of aliphatic imine (C=N–C) groups is 1. The number of hydrogen-bond acceptors (Lipinski definition) is 8. The zero-order chi connectivity index (χ0) is 18.8. The number of carbonyl (C=O) groups excluding carboxylic acids is 1. The summed E-state index contributed by atoms with van der Waals surface area (Å²) in [6.45, 7) is 2.26. The summed E-state index contributed by atoms with van der Waals surface area (Å²) in [5.74, 6) is 0.608. The van der Waals surface area contributed by atoms with Crippen LogP contribution in [-0.4, -0.2) is 50.1 Å². The summed E-state index contributed by atoms with van der Waals surface area (Å²) in [6.07, 6.45) is 1.83. The van der Waals surface area contributed by atoms with E-state index in [0.29, 0.717) is 35.7 Å². The van der Waals surface area contributed by atoms with Gasteiger partial charge in [0.05, 0.1) is 31.4 Å². The molecule has 0 radical (unpaired) electrons. The highest BCUT2D eigenvalue weighted by molar-refractivity contribution is 6.17. The van der Waals surface area contributed by atoms with E-state index in [9.17, 15) is 14.9 Å². The first-order chi connectivity index (χ1) is 12.5. The molecule has 26 heavy (non-hydrogen) atoms. The zero-order valence-electron chi connectivity index (χ0n) is 14.7. The van der Waals surface area contributed by atoms with Crippen molar-refractivity contribution < 1.29 is 23.9 Å². The van der Waals surface area contributed by atoms with E-state index in [4.69, 9.17) is 14.2 Å². The quantitative estimate of drug-likeness (QED) is 0.448. The lowest BCUT2D eigenvalue weighted by Crippen LogP contribution is -2.51. The second-order valence-electron chi connectivity index (χ2n) is 5.68. The summed E-state index contributed by atoms with van der Waals surface area (Å²) in [5, 5.41) is 11.6. The molecule has 0 N–H and O–H groups in total. The van der Waals surface area contributed by atoms with Crippen LogP contribution in [0.25, 0.3) is 6.08 Å². The highest BCUT2D eigenvalue weighted by Gasteiger charge is 2.42. The molecule has 0 aromatic heterocycles. The maximum atomic E-state index is 12.5. The Morgan fingerprint density at radius 3 is 2.65 bits per heavy atom. The molecule has 1 atom stereocenters. The number of anilines is 1. The molecule has 0 saturated heterocycles. The maximum absolute atomic E-state index is 12.5. The van der Waals surface area contributed by atoms with Gasteiger partial charge in [0.15, 0.2) is 11.5 Å². The van der Waals surface area contributed by atoms with Crippen molar-refractivity contribution in [2.75, 3.05) is 32.3 Å². The van der Waals surface area contributed by atoms with Gasteiger partial charge in [-0.25, -0.2) is 4.79 Å². The SMILES string of the molecule is CCOC(=O)[C@H]1CCN=C2C([N+](=O)[O-])=Cc3cc(OC)c(OC)cc3N21. The molecule has 0 spiro atoms. The van der Waals surface area contributed by atoms with Gasteiger partial charge in [0.25, 0.3) is 0 Å². The molecule has 0 fully saturated rings. The van der Waals surface area contributed by atoms with E-state index in [1.54, 1.807) is 24.0 Å². The molecule has 0 amide bonds. The molecule has 1 aromatic rings. The minimum absolute atomic E-state index is 0.152. The summed E-state index contributed by atoms with van der Waals surface area (Å²) in [6, 6.07) is 2.64. The van der Waals surface area contributed by atoms with Crippen LogP contribution in [0, 0.1) is 10.1 Å². The van der Waals surface area contributed by atoms with Crippen LogP contribution in [0.4, 0.5) is 5.69 Å². The highest BCUT2D eigenvalue weighted by Crippen LogP contribution is 2.41. The summed E-state index contributed by atoms with van der Waals surface area (Å²) in [7, 11) is 2.99. The third kappa shape index (κ3) is 2.85. The average molecular weight is 361 g/mol. The van der Waals surface area contributed by atoms with Gasteiger partial charge in [-0.05, 0) is 19.4 Å². The Balaban J connectivity index is 2.21. The number of nitro groups is 1. The minimum Gasteiger partial charge on any atom is -0.493 e. The summed E-state index contributed by atoms with van der Waals surface area (Å²) >= 11 is 0. The van der Waals surface area contributed by atoms with Crippen molar-refractivity contribution in [3.05, 3.63) is 33.5 Å². The maximum Gasteiger partial charge on any atom is 0.329 e. The summed E-state index contributed by atoms with van der Waals surface area (Å²) < 4.78 is 15.8. The molecule has 1 aromatic carbocycles. The number of hydrogen-bond donors (Lipinski definition) is 0. The molecular formula is C17H19N3O6. The predicted octanol–water partition coefficient (Wildman–Crippen LogP) is 1.88. The van der Waals surface area contributed by atoms with Crippen molar-refractivity contribution in [3.63, 3.8) is 0 Å². The molecule has 0 bridgehead atoms. The predicted molar refractivity (Wildman–Crippen MR) is 94.3 cm³/mol. The fraction of sp³-hybridized carbons (Fsp3) is 0.412. The Hall–Kier alpha value is -3.10.